The second-order valence-corrected chi connectivity index (χ2v) is 9.26. The summed E-state index contributed by atoms with van der Waals surface area (Å²) in [6, 6.07) is 15.9. The van der Waals surface area contributed by atoms with Gasteiger partial charge in [-0.2, -0.15) is 0 Å². The van der Waals surface area contributed by atoms with Gasteiger partial charge in [0.2, 0.25) is 0 Å². The van der Waals surface area contributed by atoms with Gasteiger partial charge >= 0.3 is 6.16 Å². The van der Waals surface area contributed by atoms with E-state index in [4.69, 9.17) is 9.47 Å². The second kappa shape index (κ2) is 7.47. The Kier molecular flexibility index (Phi) is 5.50. The first-order chi connectivity index (χ1) is 13.5. The van der Waals surface area contributed by atoms with Crippen LogP contribution in [0.2, 0.25) is 0 Å². The van der Waals surface area contributed by atoms with Gasteiger partial charge in [-0.05, 0) is 29.2 Å². The molecule has 0 unspecified atom stereocenters. The Hall–Kier alpha value is -2.37. The molecule has 5 heteroatoms. The van der Waals surface area contributed by atoms with E-state index in [1.165, 1.54) is 0 Å². The lowest BCUT2D eigenvalue weighted by Gasteiger charge is -2.41. The number of cyclic esters (lactones) is 2. The van der Waals surface area contributed by atoms with E-state index in [1.807, 2.05) is 83.1 Å². The Balaban J connectivity index is 2.02. The van der Waals surface area contributed by atoms with Crippen molar-refractivity contribution in [2.75, 3.05) is 13.2 Å². The lowest BCUT2D eigenvalue weighted by atomic mass is 9.73. The monoisotopic (exact) mass is 398 g/mol. The molecule has 0 aromatic heterocycles. The van der Waals surface area contributed by atoms with E-state index in [9.17, 15) is 15.0 Å². The van der Waals surface area contributed by atoms with E-state index in [0.29, 0.717) is 0 Å². The summed E-state index contributed by atoms with van der Waals surface area (Å²) in [5, 5.41) is 19.3. The minimum Gasteiger partial charge on any atom is -0.395 e. The van der Waals surface area contributed by atoms with Gasteiger partial charge < -0.3 is 19.7 Å². The minimum absolute atomic E-state index is 0.0507. The molecule has 1 aliphatic rings. The van der Waals surface area contributed by atoms with Crippen LogP contribution in [0.1, 0.15) is 56.9 Å². The van der Waals surface area contributed by atoms with Crippen molar-refractivity contribution in [3.63, 3.8) is 0 Å². The molecule has 1 saturated heterocycles. The molecule has 1 heterocycles. The molecule has 0 aliphatic carbocycles. The van der Waals surface area contributed by atoms with Crippen LogP contribution in [0.4, 0.5) is 4.79 Å². The van der Waals surface area contributed by atoms with E-state index < -0.39 is 17.9 Å². The molecule has 29 heavy (non-hydrogen) atoms. The van der Waals surface area contributed by atoms with Crippen LogP contribution in [0.15, 0.2) is 48.5 Å². The number of benzene rings is 2. The summed E-state index contributed by atoms with van der Waals surface area (Å²) in [5.41, 5.74) is 2.56. The number of rotatable bonds is 7. The second-order valence-electron chi connectivity index (χ2n) is 9.26. The van der Waals surface area contributed by atoms with Gasteiger partial charge in [0.05, 0.1) is 18.6 Å². The molecular formula is C24H30O5. The van der Waals surface area contributed by atoms with Gasteiger partial charge in [0.1, 0.15) is 0 Å². The lowest BCUT2D eigenvalue weighted by molar-refractivity contribution is -0.207. The molecule has 1 fully saturated rings. The Bertz CT molecular complexity index is 798. The van der Waals surface area contributed by atoms with Crippen LogP contribution < -0.4 is 0 Å². The van der Waals surface area contributed by atoms with Crippen LogP contribution in [0.3, 0.4) is 0 Å². The number of carbonyl (C=O) groups is 1. The molecule has 2 aromatic rings. The largest absolute Gasteiger partial charge is 0.514 e. The quantitative estimate of drug-likeness (QED) is 0.689. The molecule has 2 aromatic carbocycles. The fraction of sp³-hybridized carbons (Fsp3) is 0.458. The number of hydrogen-bond donors (Lipinski definition) is 2. The van der Waals surface area contributed by atoms with Gasteiger partial charge in [-0.3, -0.25) is 0 Å². The minimum atomic E-state index is -0.719. The number of carbonyl (C=O) groups excluding carboxylic acids is 1. The summed E-state index contributed by atoms with van der Waals surface area (Å²) in [5.74, 6) is 0. The topological polar surface area (TPSA) is 76.0 Å². The van der Waals surface area contributed by atoms with E-state index >= 15 is 0 Å². The maximum Gasteiger partial charge on any atom is 0.514 e. The van der Waals surface area contributed by atoms with Crippen LogP contribution in [0.25, 0.3) is 0 Å². The highest BCUT2D eigenvalue weighted by Crippen LogP contribution is 2.42. The van der Waals surface area contributed by atoms with Crippen LogP contribution >= 0.6 is 0 Å². The van der Waals surface area contributed by atoms with Crippen LogP contribution in [-0.4, -0.2) is 35.9 Å². The molecule has 0 bridgehead atoms. The smallest absolute Gasteiger partial charge is 0.395 e. The average Bonchev–Trinajstić information content (AvgIpc) is 2.71. The van der Waals surface area contributed by atoms with Gasteiger partial charge in [0.25, 0.3) is 6.29 Å². The molecule has 1 aliphatic heterocycles. The molecule has 2 N–H and O–H groups in total. The summed E-state index contributed by atoms with van der Waals surface area (Å²) in [6.07, 6.45) is -1.39. The van der Waals surface area contributed by atoms with E-state index in [2.05, 4.69) is 0 Å². The molecular weight excluding hydrogens is 368 g/mol. The summed E-state index contributed by atoms with van der Waals surface area (Å²) in [4.78, 5) is 11.4. The Morgan fingerprint density at radius 1 is 0.690 bits per heavy atom. The number of aliphatic hydroxyl groups excluding tert-OH is 2. The third-order valence-electron chi connectivity index (χ3n) is 6.20. The average molecular weight is 398 g/mol. The van der Waals surface area contributed by atoms with Crippen LogP contribution in [-0.2, 0) is 25.7 Å². The third kappa shape index (κ3) is 3.77. The highest BCUT2D eigenvalue weighted by Gasteiger charge is 2.49. The van der Waals surface area contributed by atoms with Gasteiger partial charge in [-0.25, -0.2) is 4.79 Å². The zero-order valence-corrected chi connectivity index (χ0v) is 17.7. The SMILES string of the molecule is CC(C)(CO)c1ccc(C(C)(c2ccc(C(C)(C)CO)cc2)C2OC(=O)O2)cc1. The molecule has 3 rings (SSSR count). The number of aliphatic hydroxyl groups is 2. The summed E-state index contributed by atoms with van der Waals surface area (Å²) >= 11 is 0. The predicted molar refractivity (Wildman–Crippen MR) is 111 cm³/mol. The van der Waals surface area contributed by atoms with Crippen LogP contribution in [0.5, 0.6) is 0 Å². The number of ether oxygens (including phenoxy) is 2. The Morgan fingerprint density at radius 3 is 1.28 bits per heavy atom. The van der Waals surface area contributed by atoms with Crippen molar-refractivity contribution >= 4 is 6.16 Å². The zero-order chi connectivity index (χ0) is 21.4. The van der Waals surface area contributed by atoms with E-state index in [1.54, 1.807) is 0 Å². The first kappa shape index (κ1) is 21.3. The highest BCUT2D eigenvalue weighted by atomic mass is 16.9. The maximum atomic E-state index is 11.4. The lowest BCUT2D eigenvalue weighted by Crippen LogP contribution is -2.51. The fourth-order valence-corrected chi connectivity index (χ4v) is 3.58. The van der Waals surface area contributed by atoms with Gasteiger partial charge in [-0.15, -0.1) is 0 Å². The van der Waals surface area contributed by atoms with Gasteiger partial charge in [0.15, 0.2) is 0 Å². The fourth-order valence-electron chi connectivity index (χ4n) is 3.58. The van der Waals surface area contributed by atoms with Crippen molar-refractivity contribution in [1.82, 2.24) is 0 Å². The standard InChI is InChI=1S/C24H30O5/c1-22(2,14-25)16-6-10-18(11-7-16)24(5,20-28-21(27)29-20)19-12-8-17(9-13-19)23(3,4)15-26/h6-13,20,25-26H,14-15H2,1-5H3. The van der Waals surface area contributed by atoms with E-state index in [-0.39, 0.29) is 24.0 Å². The number of hydrogen-bond acceptors (Lipinski definition) is 5. The summed E-state index contributed by atoms with van der Waals surface area (Å²) in [7, 11) is 0. The molecule has 0 amide bonds. The molecule has 0 radical (unpaired) electrons. The zero-order valence-electron chi connectivity index (χ0n) is 17.7. The van der Waals surface area contributed by atoms with Crippen molar-refractivity contribution in [3.05, 3.63) is 70.8 Å². The van der Waals surface area contributed by atoms with Gasteiger partial charge in [-0.1, -0.05) is 76.2 Å². The molecule has 0 spiro atoms. The van der Waals surface area contributed by atoms with Crippen molar-refractivity contribution in [2.45, 2.75) is 57.2 Å². The molecule has 0 saturated carbocycles. The predicted octanol–water partition coefficient (Wildman–Crippen LogP) is 4.03. The van der Waals surface area contributed by atoms with Crippen molar-refractivity contribution < 1.29 is 24.5 Å². The summed E-state index contributed by atoms with van der Waals surface area (Å²) < 4.78 is 10.6. The van der Waals surface area contributed by atoms with E-state index in [0.717, 1.165) is 22.3 Å². The van der Waals surface area contributed by atoms with Crippen molar-refractivity contribution in [1.29, 1.82) is 0 Å². The first-order valence-electron chi connectivity index (χ1n) is 9.85. The Morgan fingerprint density at radius 2 is 1.00 bits per heavy atom. The van der Waals surface area contributed by atoms with Crippen molar-refractivity contribution in [3.8, 4) is 0 Å². The normalized spacial score (nSPS) is 15.5. The molecule has 5 nitrogen and oxygen atoms in total. The van der Waals surface area contributed by atoms with Gasteiger partial charge in [0, 0.05) is 10.8 Å². The van der Waals surface area contributed by atoms with Crippen molar-refractivity contribution in [2.24, 2.45) is 0 Å². The Labute approximate surface area is 172 Å². The first-order valence-corrected chi connectivity index (χ1v) is 9.85. The van der Waals surface area contributed by atoms with Crippen LogP contribution in [0, 0.1) is 0 Å². The maximum absolute atomic E-state index is 11.4. The summed E-state index contributed by atoms with van der Waals surface area (Å²) in [6.45, 7) is 10.0. The molecule has 156 valence electrons. The third-order valence-corrected chi connectivity index (χ3v) is 6.20. The molecule has 0 atom stereocenters. The highest BCUT2D eigenvalue weighted by molar-refractivity contribution is 5.65.